The number of hydrogen-bond donors (Lipinski definition) is 1. The van der Waals surface area contributed by atoms with E-state index in [-0.39, 0.29) is 5.78 Å². The number of aromatic nitrogens is 2. The van der Waals surface area contributed by atoms with Gasteiger partial charge in [-0.3, -0.25) is 4.79 Å². The van der Waals surface area contributed by atoms with Gasteiger partial charge in [-0.15, -0.1) is 11.3 Å². The zero-order chi connectivity index (χ0) is 26.1. The summed E-state index contributed by atoms with van der Waals surface area (Å²) in [6.07, 6.45) is 7.47. The first-order valence-electron chi connectivity index (χ1n) is 13.8. The van der Waals surface area contributed by atoms with Gasteiger partial charge < -0.3 is 19.2 Å². The summed E-state index contributed by atoms with van der Waals surface area (Å²) in [6.45, 7) is 5.10. The Morgan fingerprint density at radius 1 is 1.03 bits per heavy atom. The van der Waals surface area contributed by atoms with Crippen LogP contribution in [0.1, 0.15) is 53.4 Å². The number of benzene rings is 2. The number of carbonyl (C=O) groups is 1. The molecule has 1 fully saturated rings. The Balaban J connectivity index is 1.19. The molecule has 4 heterocycles. The van der Waals surface area contributed by atoms with E-state index in [1.54, 1.807) is 11.3 Å². The first-order valence-corrected chi connectivity index (χ1v) is 14.6. The van der Waals surface area contributed by atoms with Crippen LogP contribution in [0.15, 0.2) is 66.2 Å². The topological polar surface area (TPSA) is 48.2 Å². The molecule has 0 aliphatic carbocycles. The van der Waals surface area contributed by atoms with Crippen molar-refractivity contribution in [2.45, 2.75) is 51.7 Å². The molecule has 0 saturated carbocycles. The third kappa shape index (κ3) is 4.91. The fourth-order valence-electron chi connectivity index (χ4n) is 5.63. The number of aryl methyl sites for hydroxylation is 4. The van der Waals surface area contributed by atoms with Gasteiger partial charge in [-0.2, -0.15) is 0 Å². The Morgan fingerprint density at radius 2 is 1.82 bits per heavy atom. The van der Waals surface area contributed by atoms with Crippen molar-refractivity contribution < 1.29 is 9.53 Å². The predicted octanol–water partition coefficient (Wildman–Crippen LogP) is 6.75. The van der Waals surface area contributed by atoms with Crippen molar-refractivity contribution >= 4 is 38.2 Å². The molecule has 5 aromatic rings. The molecule has 1 N–H and O–H groups in total. The molecule has 1 aliphatic heterocycles. The molecular weight excluding hydrogens is 490 g/mol. The van der Waals surface area contributed by atoms with Crippen molar-refractivity contribution in [3.63, 3.8) is 0 Å². The highest BCUT2D eigenvalue weighted by Gasteiger charge is 2.21. The summed E-state index contributed by atoms with van der Waals surface area (Å²) in [7, 11) is 1.99. The average molecular weight is 526 g/mol. The van der Waals surface area contributed by atoms with Gasteiger partial charge in [0.1, 0.15) is 11.9 Å². The van der Waals surface area contributed by atoms with Crippen molar-refractivity contribution in [1.82, 2.24) is 14.5 Å². The smallest absolute Gasteiger partial charge is 0.211 e. The average Bonchev–Trinajstić information content (AvgIpc) is 3.64. The third-order valence-corrected chi connectivity index (χ3v) is 8.72. The lowest BCUT2D eigenvalue weighted by atomic mass is 10.0. The highest BCUT2D eigenvalue weighted by atomic mass is 32.1. The highest BCUT2D eigenvalue weighted by Crippen LogP contribution is 2.30. The number of nitrogens with one attached hydrogen (secondary N) is 1. The van der Waals surface area contributed by atoms with Gasteiger partial charge >= 0.3 is 0 Å². The Labute approximate surface area is 228 Å². The van der Waals surface area contributed by atoms with Crippen LogP contribution in [0.2, 0.25) is 0 Å². The minimum absolute atomic E-state index is 0.0947. The molecule has 1 saturated heterocycles. The van der Waals surface area contributed by atoms with Crippen LogP contribution in [0.4, 0.5) is 0 Å². The van der Waals surface area contributed by atoms with E-state index in [1.165, 1.54) is 11.1 Å². The quantitative estimate of drug-likeness (QED) is 0.217. The molecule has 1 aliphatic rings. The monoisotopic (exact) mass is 525 g/mol. The molecule has 0 spiro atoms. The highest BCUT2D eigenvalue weighted by molar-refractivity contribution is 7.17. The second-order valence-corrected chi connectivity index (χ2v) is 11.3. The van der Waals surface area contributed by atoms with E-state index in [2.05, 4.69) is 76.9 Å². The van der Waals surface area contributed by atoms with Crippen molar-refractivity contribution in [1.29, 1.82) is 0 Å². The maximum Gasteiger partial charge on any atom is 0.211 e. The molecule has 5 nitrogen and oxygen atoms in total. The third-order valence-electron chi connectivity index (χ3n) is 7.87. The molecule has 2 aromatic carbocycles. The second-order valence-electron chi connectivity index (χ2n) is 10.3. The summed E-state index contributed by atoms with van der Waals surface area (Å²) in [6, 6.07) is 19.3. The number of hydrogen-bond acceptors (Lipinski definition) is 4. The van der Waals surface area contributed by atoms with E-state index in [1.807, 2.05) is 17.7 Å². The fraction of sp³-hybridized carbons (Fsp3) is 0.344. The summed E-state index contributed by atoms with van der Waals surface area (Å²) in [4.78, 5) is 13.8. The van der Waals surface area contributed by atoms with Crippen LogP contribution in [0, 0.1) is 0 Å². The molecule has 0 radical (unpaired) electrons. The number of rotatable bonds is 9. The molecule has 0 amide bonds. The number of thiophene rings is 1. The van der Waals surface area contributed by atoms with Crippen LogP contribution in [0.5, 0.6) is 5.75 Å². The van der Waals surface area contributed by atoms with Crippen LogP contribution in [-0.2, 0) is 26.4 Å². The van der Waals surface area contributed by atoms with Gasteiger partial charge in [-0.1, -0.05) is 25.1 Å². The van der Waals surface area contributed by atoms with Gasteiger partial charge in [-0.05, 0) is 98.1 Å². The van der Waals surface area contributed by atoms with Crippen molar-refractivity contribution in [2.24, 2.45) is 7.05 Å². The Morgan fingerprint density at radius 3 is 2.58 bits per heavy atom. The summed E-state index contributed by atoms with van der Waals surface area (Å²) >= 11 is 1.68. The van der Waals surface area contributed by atoms with E-state index in [4.69, 9.17) is 4.74 Å². The summed E-state index contributed by atoms with van der Waals surface area (Å²) in [5, 5.41) is 6.51. The summed E-state index contributed by atoms with van der Waals surface area (Å²) in [5.41, 5.74) is 6.36. The largest absolute Gasteiger partial charge is 0.490 e. The van der Waals surface area contributed by atoms with Gasteiger partial charge in [0, 0.05) is 36.3 Å². The summed E-state index contributed by atoms with van der Waals surface area (Å²) < 4.78 is 11.6. The number of carbonyl (C=O) groups excluding carboxylic acids is 1. The SMILES string of the molecule is CCc1ccc2c(c1)c(C(=O)c1cc3sccc3n1C)cn2CCCc1ccc(OC2CCNCC2)cc1. The Bertz CT molecular complexity index is 1570. The van der Waals surface area contributed by atoms with Gasteiger partial charge in [-0.25, -0.2) is 0 Å². The first-order chi connectivity index (χ1) is 18.6. The number of piperidine rings is 1. The fourth-order valence-corrected chi connectivity index (χ4v) is 6.48. The minimum atomic E-state index is 0.0947. The Hall–Kier alpha value is -3.35. The van der Waals surface area contributed by atoms with Gasteiger partial charge in [0.05, 0.1) is 15.9 Å². The molecule has 6 rings (SSSR count). The zero-order valence-corrected chi connectivity index (χ0v) is 23.0. The minimum Gasteiger partial charge on any atom is -0.490 e. The molecule has 38 heavy (non-hydrogen) atoms. The molecular formula is C32H35N3O2S. The van der Waals surface area contributed by atoms with Crippen LogP contribution >= 0.6 is 11.3 Å². The molecule has 0 bridgehead atoms. The second kappa shape index (κ2) is 10.8. The number of fused-ring (bicyclic) bond motifs is 2. The molecule has 6 heteroatoms. The molecule has 0 unspecified atom stereocenters. The van der Waals surface area contributed by atoms with Gasteiger partial charge in [0.2, 0.25) is 5.78 Å². The van der Waals surface area contributed by atoms with E-state index >= 15 is 0 Å². The van der Waals surface area contributed by atoms with Crippen LogP contribution in [0.3, 0.4) is 0 Å². The summed E-state index contributed by atoms with van der Waals surface area (Å²) in [5.74, 6) is 1.06. The molecule has 3 aromatic heterocycles. The molecule has 196 valence electrons. The lowest BCUT2D eigenvalue weighted by Crippen LogP contribution is -2.34. The van der Waals surface area contributed by atoms with E-state index in [0.717, 1.165) is 89.9 Å². The van der Waals surface area contributed by atoms with Crippen LogP contribution in [-0.4, -0.2) is 34.1 Å². The maximum atomic E-state index is 13.8. The number of nitrogens with zero attached hydrogens (tertiary/aromatic N) is 2. The van der Waals surface area contributed by atoms with E-state index < -0.39 is 0 Å². The maximum absolute atomic E-state index is 13.8. The van der Waals surface area contributed by atoms with Gasteiger partial charge in [0.15, 0.2) is 0 Å². The zero-order valence-electron chi connectivity index (χ0n) is 22.2. The Kier molecular flexibility index (Phi) is 7.09. The van der Waals surface area contributed by atoms with Crippen LogP contribution in [0.25, 0.3) is 21.1 Å². The lowest BCUT2D eigenvalue weighted by Gasteiger charge is -2.23. The lowest BCUT2D eigenvalue weighted by molar-refractivity contribution is 0.103. The van der Waals surface area contributed by atoms with E-state index in [9.17, 15) is 4.79 Å². The standard InChI is InChI=1S/C32H35N3O2S/c1-3-22-8-11-28-26(19-22)27(32(36)30-20-31-29(34(30)2)14-18-38-31)21-35(28)17-4-5-23-6-9-24(10-7-23)37-25-12-15-33-16-13-25/h6-11,14,18-21,25,33H,3-5,12-13,15-17H2,1-2H3. The van der Waals surface area contributed by atoms with Crippen LogP contribution < -0.4 is 10.1 Å². The molecule has 0 atom stereocenters. The normalized spacial score (nSPS) is 14.5. The van der Waals surface area contributed by atoms with Crippen molar-refractivity contribution in [3.05, 3.63) is 88.6 Å². The number of ketones is 1. The first kappa shape index (κ1) is 25.0. The van der Waals surface area contributed by atoms with E-state index in [0.29, 0.717) is 6.10 Å². The van der Waals surface area contributed by atoms with Crippen molar-refractivity contribution in [3.8, 4) is 5.75 Å². The predicted molar refractivity (Wildman–Crippen MR) is 157 cm³/mol. The van der Waals surface area contributed by atoms with Gasteiger partial charge in [0.25, 0.3) is 0 Å². The number of ether oxygens (including phenoxy) is 1. The van der Waals surface area contributed by atoms with Crippen molar-refractivity contribution in [2.75, 3.05) is 13.1 Å².